The van der Waals surface area contributed by atoms with Gasteiger partial charge in [0.1, 0.15) is 0 Å². The number of hydrogen-bond acceptors (Lipinski definition) is 1. The normalized spacial score (nSPS) is 10.0. The van der Waals surface area contributed by atoms with E-state index in [1.54, 1.807) is 0 Å². The molecule has 0 aromatic heterocycles. The molecule has 0 saturated carbocycles. The van der Waals surface area contributed by atoms with Gasteiger partial charge in [-0.3, -0.25) is 0 Å². The summed E-state index contributed by atoms with van der Waals surface area (Å²) in [5.41, 5.74) is 7.20. The first-order chi connectivity index (χ1) is 10.6. The number of aryl methyl sites for hydroxylation is 3. The van der Waals surface area contributed by atoms with Gasteiger partial charge in [-0.2, -0.15) is 23.8 Å². The molecule has 0 aliphatic rings. The van der Waals surface area contributed by atoms with Gasteiger partial charge in [0, 0.05) is 44.1 Å². The Bertz CT molecular complexity index is 715. The summed E-state index contributed by atoms with van der Waals surface area (Å²) in [6, 6.07) is 26.7. The fraction of sp³-hybridized carbons (Fsp3) is 0.143. The van der Waals surface area contributed by atoms with E-state index in [0.29, 0.717) is 0 Å². The summed E-state index contributed by atoms with van der Waals surface area (Å²) in [7, 11) is 0. The Morgan fingerprint density at radius 2 is 1.09 bits per heavy atom. The molecule has 2 heteroatoms. The molecule has 1 radical (unpaired) electrons. The summed E-state index contributed by atoms with van der Waals surface area (Å²) >= 11 is 0. The summed E-state index contributed by atoms with van der Waals surface area (Å²) in [5.74, 6) is 0. The smallest absolute Gasteiger partial charge is 0.0344 e. The average molecular weight is 375 g/mol. The Hall–Kier alpha value is -1.44. The van der Waals surface area contributed by atoms with Gasteiger partial charge < -0.3 is 4.90 Å². The molecular formula is C21H20NY-. The summed E-state index contributed by atoms with van der Waals surface area (Å²) in [6.07, 6.45) is 0. The fourth-order valence-corrected chi connectivity index (χ4v) is 2.54. The molecule has 0 atom stereocenters. The molecule has 0 heterocycles. The van der Waals surface area contributed by atoms with Crippen molar-refractivity contribution in [3.63, 3.8) is 0 Å². The number of benzene rings is 3. The van der Waals surface area contributed by atoms with Crippen LogP contribution in [-0.2, 0) is 32.7 Å². The van der Waals surface area contributed by atoms with Gasteiger partial charge in [0.25, 0.3) is 0 Å². The van der Waals surface area contributed by atoms with E-state index < -0.39 is 0 Å². The number of anilines is 3. The van der Waals surface area contributed by atoms with Crippen molar-refractivity contribution in [2.75, 3.05) is 4.90 Å². The fourth-order valence-electron chi connectivity index (χ4n) is 2.54. The minimum atomic E-state index is 0. The Kier molecular flexibility index (Phi) is 6.15. The van der Waals surface area contributed by atoms with E-state index in [1.165, 1.54) is 16.7 Å². The van der Waals surface area contributed by atoms with Crippen LogP contribution in [0.25, 0.3) is 0 Å². The molecule has 1 nitrogen and oxygen atoms in total. The Morgan fingerprint density at radius 3 is 1.52 bits per heavy atom. The van der Waals surface area contributed by atoms with E-state index in [1.807, 2.05) is 12.1 Å². The molecule has 0 amide bonds. The van der Waals surface area contributed by atoms with Crippen molar-refractivity contribution < 1.29 is 32.7 Å². The number of hydrogen-bond donors (Lipinski definition) is 0. The van der Waals surface area contributed by atoms with Crippen molar-refractivity contribution in [1.29, 1.82) is 0 Å². The van der Waals surface area contributed by atoms with Crippen LogP contribution in [0.15, 0.2) is 66.7 Å². The monoisotopic (exact) mass is 375 g/mol. The van der Waals surface area contributed by atoms with Gasteiger partial charge in [-0.05, 0) is 38.1 Å². The first kappa shape index (κ1) is 17.9. The molecule has 0 fully saturated rings. The van der Waals surface area contributed by atoms with Crippen molar-refractivity contribution in [2.45, 2.75) is 20.8 Å². The second-order valence-corrected chi connectivity index (χ2v) is 5.78. The van der Waals surface area contributed by atoms with Gasteiger partial charge in [0.15, 0.2) is 0 Å². The van der Waals surface area contributed by atoms with Gasteiger partial charge in [0.2, 0.25) is 0 Å². The van der Waals surface area contributed by atoms with Crippen molar-refractivity contribution in [3.8, 4) is 0 Å². The maximum absolute atomic E-state index is 3.23. The molecule has 3 rings (SSSR count). The average Bonchev–Trinajstić information content (AvgIpc) is 2.51. The molecule has 0 saturated heterocycles. The van der Waals surface area contributed by atoms with Crippen LogP contribution in [0, 0.1) is 26.8 Å². The van der Waals surface area contributed by atoms with E-state index in [-0.39, 0.29) is 32.7 Å². The van der Waals surface area contributed by atoms with Gasteiger partial charge in [-0.15, -0.1) is 6.07 Å². The SMILES string of the molecule is Cc1ccc(N(c2ccc(C)cc2)c2c[c-]cc(C)c2)cc1.[Y]. The van der Waals surface area contributed by atoms with Gasteiger partial charge in [0.05, 0.1) is 0 Å². The Labute approximate surface area is 164 Å². The number of nitrogens with zero attached hydrogens (tertiary/aromatic N) is 1. The van der Waals surface area contributed by atoms with Crippen LogP contribution >= 0.6 is 0 Å². The molecule has 0 spiro atoms. The maximum atomic E-state index is 3.23. The summed E-state index contributed by atoms with van der Waals surface area (Å²) in [5, 5.41) is 0. The molecule has 0 N–H and O–H groups in total. The third-order valence-corrected chi connectivity index (χ3v) is 3.76. The molecule has 3 aromatic rings. The maximum Gasteiger partial charge on any atom is 0.0344 e. The first-order valence-corrected chi connectivity index (χ1v) is 7.55. The topological polar surface area (TPSA) is 3.24 Å². The van der Waals surface area contributed by atoms with E-state index >= 15 is 0 Å². The van der Waals surface area contributed by atoms with Gasteiger partial charge in [-0.1, -0.05) is 48.0 Å². The first-order valence-electron chi connectivity index (χ1n) is 7.55. The minimum Gasteiger partial charge on any atom is -0.365 e. The second-order valence-electron chi connectivity index (χ2n) is 5.78. The van der Waals surface area contributed by atoms with E-state index in [4.69, 9.17) is 0 Å². The predicted molar refractivity (Wildman–Crippen MR) is 94.2 cm³/mol. The van der Waals surface area contributed by atoms with Gasteiger partial charge >= 0.3 is 0 Å². The summed E-state index contributed by atoms with van der Waals surface area (Å²) in [4.78, 5) is 2.27. The predicted octanol–water partition coefficient (Wildman–Crippen LogP) is 5.88. The van der Waals surface area contributed by atoms with Crippen LogP contribution in [0.5, 0.6) is 0 Å². The zero-order valence-corrected chi connectivity index (χ0v) is 16.7. The molecule has 0 aliphatic carbocycles. The molecule has 113 valence electrons. The molecular weight excluding hydrogens is 355 g/mol. The third kappa shape index (κ3) is 4.31. The van der Waals surface area contributed by atoms with E-state index in [0.717, 1.165) is 17.1 Å². The summed E-state index contributed by atoms with van der Waals surface area (Å²) in [6.45, 7) is 6.32. The number of rotatable bonds is 3. The molecule has 23 heavy (non-hydrogen) atoms. The largest absolute Gasteiger partial charge is 0.365 e. The standard InChI is InChI=1S/C21H20N.Y/c1-16-7-11-19(12-8-16)22(20-13-9-17(2)10-14-20)21-6-4-5-18(3)15-21;/h5-15H,1-3H3;/q-1;. The second kappa shape index (κ2) is 7.90. The quantitative estimate of drug-likeness (QED) is 0.517. The van der Waals surface area contributed by atoms with E-state index in [2.05, 4.69) is 86.3 Å². The van der Waals surface area contributed by atoms with Crippen molar-refractivity contribution >= 4 is 17.1 Å². The van der Waals surface area contributed by atoms with Crippen LogP contribution in [0.4, 0.5) is 17.1 Å². The van der Waals surface area contributed by atoms with Crippen LogP contribution in [0.1, 0.15) is 16.7 Å². The van der Waals surface area contributed by atoms with Crippen LogP contribution < -0.4 is 4.90 Å². The minimum absolute atomic E-state index is 0. The zero-order valence-electron chi connectivity index (χ0n) is 13.9. The Morgan fingerprint density at radius 1 is 0.609 bits per heavy atom. The molecule has 0 unspecified atom stereocenters. The summed E-state index contributed by atoms with van der Waals surface area (Å²) < 4.78 is 0. The zero-order chi connectivity index (χ0) is 15.5. The van der Waals surface area contributed by atoms with Crippen LogP contribution in [0.2, 0.25) is 0 Å². The van der Waals surface area contributed by atoms with Crippen molar-refractivity contribution in [1.82, 2.24) is 0 Å². The molecule has 0 aliphatic heterocycles. The van der Waals surface area contributed by atoms with E-state index in [9.17, 15) is 0 Å². The van der Waals surface area contributed by atoms with Crippen LogP contribution in [0.3, 0.4) is 0 Å². The Balaban J connectivity index is 0.00000192. The van der Waals surface area contributed by atoms with Crippen molar-refractivity contribution in [2.24, 2.45) is 0 Å². The van der Waals surface area contributed by atoms with Crippen LogP contribution in [-0.4, -0.2) is 0 Å². The van der Waals surface area contributed by atoms with Gasteiger partial charge in [-0.25, -0.2) is 0 Å². The molecule has 0 bridgehead atoms. The van der Waals surface area contributed by atoms with Crippen molar-refractivity contribution in [3.05, 3.63) is 89.5 Å². The third-order valence-electron chi connectivity index (χ3n) is 3.76. The molecule has 3 aromatic carbocycles.